The van der Waals surface area contributed by atoms with E-state index in [0.717, 1.165) is 17.9 Å². The Hall–Kier alpha value is -0.750. The molecule has 0 spiro atoms. The van der Waals surface area contributed by atoms with Crippen LogP contribution in [-0.4, -0.2) is 48.6 Å². The van der Waals surface area contributed by atoms with Gasteiger partial charge in [-0.2, -0.15) is 11.8 Å². The first-order valence-corrected chi connectivity index (χ1v) is 6.86. The molecule has 5 nitrogen and oxygen atoms in total. The quantitative estimate of drug-likeness (QED) is 0.706. The Balaban J connectivity index is 2.39. The van der Waals surface area contributed by atoms with Gasteiger partial charge in [-0.15, -0.1) is 0 Å². The fourth-order valence-electron chi connectivity index (χ4n) is 1.61. The van der Waals surface area contributed by atoms with Gasteiger partial charge < -0.3 is 15.4 Å². The molecule has 0 aromatic carbocycles. The zero-order valence-corrected chi connectivity index (χ0v) is 11.4. The minimum Gasteiger partial charge on any atom is -0.376 e. The summed E-state index contributed by atoms with van der Waals surface area (Å²) in [7, 11) is 1.65. The third-order valence-corrected chi connectivity index (χ3v) is 3.92. The standard InChI is InChI=1S/C11H20N2O3S/c1-8(2)13-10(15)9(14)12-6-11(16-3)4-5-17-7-11/h8H,4-7H2,1-3H3,(H,12,14)(H,13,15). The van der Waals surface area contributed by atoms with Crippen molar-refractivity contribution in [3.05, 3.63) is 0 Å². The molecule has 17 heavy (non-hydrogen) atoms. The Morgan fingerprint density at radius 2 is 2.12 bits per heavy atom. The van der Waals surface area contributed by atoms with Crippen molar-refractivity contribution in [2.45, 2.75) is 31.9 Å². The molecule has 1 heterocycles. The number of nitrogens with one attached hydrogen (secondary N) is 2. The Morgan fingerprint density at radius 1 is 1.41 bits per heavy atom. The van der Waals surface area contributed by atoms with Crippen molar-refractivity contribution in [2.75, 3.05) is 25.2 Å². The first kappa shape index (κ1) is 14.3. The van der Waals surface area contributed by atoms with Crippen molar-refractivity contribution in [1.29, 1.82) is 0 Å². The number of carbonyl (C=O) groups excluding carboxylic acids is 2. The van der Waals surface area contributed by atoms with Crippen LogP contribution in [0.2, 0.25) is 0 Å². The highest BCUT2D eigenvalue weighted by molar-refractivity contribution is 7.99. The van der Waals surface area contributed by atoms with Gasteiger partial charge in [-0.25, -0.2) is 0 Å². The zero-order valence-electron chi connectivity index (χ0n) is 10.5. The topological polar surface area (TPSA) is 67.4 Å². The summed E-state index contributed by atoms with van der Waals surface area (Å²) in [5.74, 6) is 0.709. The van der Waals surface area contributed by atoms with Crippen molar-refractivity contribution in [3.63, 3.8) is 0 Å². The van der Waals surface area contributed by atoms with E-state index < -0.39 is 11.8 Å². The molecule has 0 radical (unpaired) electrons. The van der Waals surface area contributed by atoms with Gasteiger partial charge in [0.05, 0.1) is 5.60 Å². The van der Waals surface area contributed by atoms with E-state index in [0.29, 0.717) is 6.54 Å². The highest BCUT2D eigenvalue weighted by atomic mass is 32.2. The molecule has 2 amide bonds. The van der Waals surface area contributed by atoms with E-state index in [1.807, 2.05) is 13.8 Å². The van der Waals surface area contributed by atoms with Gasteiger partial charge in [-0.1, -0.05) is 0 Å². The summed E-state index contributed by atoms with van der Waals surface area (Å²) in [5.41, 5.74) is -0.307. The molecule has 2 N–H and O–H groups in total. The fraction of sp³-hybridized carbons (Fsp3) is 0.818. The fourth-order valence-corrected chi connectivity index (χ4v) is 3.01. The van der Waals surface area contributed by atoms with Crippen LogP contribution in [0.1, 0.15) is 20.3 Å². The molecule has 1 aliphatic heterocycles. The average Bonchev–Trinajstić information content (AvgIpc) is 2.74. The summed E-state index contributed by atoms with van der Waals surface area (Å²) in [6.45, 7) is 4.02. The molecule has 1 saturated heterocycles. The van der Waals surface area contributed by atoms with Gasteiger partial charge in [-0.05, 0) is 26.0 Å². The van der Waals surface area contributed by atoms with Crippen LogP contribution in [-0.2, 0) is 14.3 Å². The smallest absolute Gasteiger partial charge is 0.309 e. The molecule has 6 heteroatoms. The predicted molar refractivity (Wildman–Crippen MR) is 68.0 cm³/mol. The molecule has 1 aliphatic rings. The van der Waals surface area contributed by atoms with E-state index in [1.54, 1.807) is 18.9 Å². The molecule has 0 bridgehead atoms. The minimum absolute atomic E-state index is 0.0355. The lowest BCUT2D eigenvalue weighted by Gasteiger charge is -2.26. The summed E-state index contributed by atoms with van der Waals surface area (Å²) in [6, 6.07) is -0.0355. The SMILES string of the molecule is COC1(CNC(=O)C(=O)NC(C)C)CCSC1. The van der Waals surface area contributed by atoms with Crippen molar-refractivity contribution in [1.82, 2.24) is 10.6 Å². The summed E-state index contributed by atoms with van der Waals surface area (Å²) in [5, 5.41) is 5.18. The van der Waals surface area contributed by atoms with E-state index >= 15 is 0 Å². The van der Waals surface area contributed by atoms with Crippen molar-refractivity contribution >= 4 is 23.6 Å². The second-order valence-corrected chi connectivity index (χ2v) is 5.61. The molecule has 0 aromatic rings. The van der Waals surface area contributed by atoms with Crippen LogP contribution in [0.3, 0.4) is 0 Å². The van der Waals surface area contributed by atoms with Gasteiger partial charge >= 0.3 is 11.8 Å². The van der Waals surface area contributed by atoms with Crippen LogP contribution in [0.5, 0.6) is 0 Å². The van der Waals surface area contributed by atoms with Crippen molar-refractivity contribution < 1.29 is 14.3 Å². The highest BCUT2D eigenvalue weighted by Gasteiger charge is 2.35. The lowest BCUT2D eigenvalue weighted by molar-refractivity contribution is -0.140. The lowest BCUT2D eigenvalue weighted by Crippen LogP contribution is -2.49. The van der Waals surface area contributed by atoms with E-state index in [4.69, 9.17) is 4.74 Å². The van der Waals surface area contributed by atoms with Crippen molar-refractivity contribution in [3.8, 4) is 0 Å². The molecule has 0 aliphatic carbocycles. The summed E-state index contributed by atoms with van der Waals surface area (Å²) in [4.78, 5) is 22.9. The van der Waals surface area contributed by atoms with E-state index in [1.165, 1.54) is 0 Å². The van der Waals surface area contributed by atoms with Crippen LogP contribution in [0.25, 0.3) is 0 Å². The van der Waals surface area contributed by atoms with Gasteiger partial charge in [0.25, 0.3) is 0 Å². The molecule has 0 aromatic heterocycles. The summed E-state index contributed by atoms with van der Waals surface area (Å²) in [6.07, 6.45) is 0.903. The van der Waals surface area contributed by atoms with Crippen LogP contribution in [0.4, 0.5) is 0 Å². The molecule has 0 saturated carbocycles. The third kappa shape index (κ3) is 4.20. The van der Waals surface area contributed by atoms with Gasteiger partial charge in [0.1, 0.15) is 0 Å². The highest BCUT2D eigenvalue weighted by Crippen LogP contribution is 2.30. The number of hydrogen-bond acceptors (Lipinski definition) is 4. The monoisotopic (exact) mass is 260 g/mol. The zero-order chi connectivity index (χ0) is 12.9. The second kappa shape index (κ2) is 6.26. The summed E-state index contributed by atoms with van der Waals surface area (Å²) >= 11 is 1.80. The number of amides is 2. The maximum Gasteiger partial charge on any atom is 0.309 e. The third-order valence-electron chi connectivity index (χ3n) is 2.70. The number of ether oxygens (including phenoxy) is 1. The normalized spacial score (nSPS) is 23.8. The van der Waals surface area contributed by atoms with E-state index in [-0.39, 0.29) is 11.6 Å². The molecule has 1 unspecified atom stereocenters. The van der Waals surface area contributed by atoms with Gasteiger partial charge in [-0.3, -0.25) is 9.59 Å². The molecular formula is C11H20N2O3S. The van der Waals surface area contributed by atoms with Gasteiger partial charge in [0.15, 0.2) is 0 Å². The number of rotatable bonds is 4. The van der Waals surface area contributed by atoms with Crippen molar-refractivity contribution in [2.24, 2.45) is 0 Å². The average molecular weight is 260 g/mol. The summed E-state index contributed by atoms with van der Waals surface area (Å²) < 4.78 is 5.44. The minimum atomic E-state index is -0.591. The Labute approximate surface area is 106 Å². The first-order chi connectivity index (χ1) is 7.99. The predicted octanol–water partition coefficient (Wildman–Crippen LogP) is 0.149. The Morgan fingerprint density at radius 3 is 2.59 bits per heavy atom. The van der Waals surface area contributed by atoms with E-state index in [9.17, 15) is 9.59 Å². The molecular weight excluding hydrogens is 240 g/mol. The van der Waals surface area contributed by atoms with E-state index in [2.05, 4.69) is 10.6 Å². The molecule has 1 rings (SSSR count). The number of hydrogen-bond donors (Lipinski definition) is 2. The van der Waals surface area contributed by atoms with Crippen LogP contribution in [0, 0.1) is 0 Å². The van der Waals surface area contributed by atoms with Gasteiger partial charge in [0, 0.05) is 25.4 Å². The maximum absolute atomic E-state index is 11.5. The van der Waals surface area contributed by atoms with Crippen LogP contribution < -0.4 is 10.6 Å². The second-order valence-electron chi connectivity index (χ2n) is 4.50. The van der Waals surface area contributed by atoms with Crippen LogP contribution >= 0.6 is 11.8 Å². The van der Waals surface area contributed by atoms with Crippen LogP contribution in [0.15, 0.2) is 0 Å². The maximum atomic E-state index is 11.5. The Kier molecular flexibility index (Phi) is 5.27. The molecule has 1 atom stereocenters. The first-order valence-electron chi connectivity index (χ1n) is 5.71. The number of methoxy groups -OCH3 is 1. The lowest BCUT2D eigenvalue weighted by atomic mass is 10.0. The molecule has 1 fully saturated rings. The molecule has 98 valence electrons. The number of carbonyl (C=O) groups is 2. The number of thioether (sulfide) groups is 1. The van der Waals surface area contributed by atoms with Gasteiger partial charge in [0.2, 0.25) is 0 Å². The largest absolute Gasteiger partial charge is 0.376 e. The Bertz CT molecular complexity index is 288.